The lowest BCUT2D eigenvalue weighted by Gasteiger charge is -1.92. The monoisotopic (exact) mass is 146 g/mol. The fourth-order valence-corrected chi connectivity index (χ4v) is 0.553. The molecule has 0 aliphatic carbocycles. The standard InChI is InChI=1S/C6H15N.C3H8/c1-3-5-7-6-4-2;1-3-2/h7H,3-6H2,1-2H3;3H2,1-2H3/p+1. The quantitative estimate of drug-likeness (QED) is 0.582. The molecule has 0 amide bonds. The van der Waals surface area contributed by atoms with E-state index in [1.54, 1.807) is 0 Å². The average molecular weight is 146 g/mol. The van der Waals surface area contributed by atoms with E-state index in [4.69, 9.17) is 0 Å². The Bertz CT molecular complexity index is 31.7. The summed E-state index contributed by atoms with van der Waals surface area (Å²) in [5.74, 6) is 0. The molecule has 10 heavy (non-hydrogen) atoms. The third kappa shape index (κ3) is 24.6. The molecule has 0 aromatic heterocycles. The minimum Gasteiger partial charge on any atom is -0.346 e. The maximum atomic E-state index is 2.36. The number of hydrogen-bond acceptors (Lipinski definition) is 0. The van der Waals surface area contributed by atoms with Gasteiger partial charge in [0.05, 0.1) is 13.1 Å². The third-order valence-corrected chi connectivity index (χ3v) is 0.986. The topological polar surface area (TPSA) is 16.6 Å². The Kier molecular flexibility index (Phi) is 20.2. The van der Waals surface area contributed by atoms with Crippen molar-refractivity contribution < 1.29 is 5.32 Å². The van der Waals surface area contributed by atoms with Crippen LogP contribution in [0, 0.1) is 0 Å². The Balaban J connectivity index is 0. The van der Waals surface area contributed by atoms with Crippen LogP contribution in [0.4, 0.5) is 0 Å². The zero-order valence-corrected chi connectivity index (χ0v) is 8.11. The average Bonchev–Trinajstić information content (AvgIpc) is 1.91. The van der Waals surface area contributed by atoms with Crippen LogP contribution in [-0.2, 0) is 0 Å². The Labute approximate surface area is 66.2 Å². The van der Waals surface area contributed by atoms with Gasteiger partial charge in [-0.3, -0.25) is 0 Å². The number of quaternary nitrogens is 1. The van der Waals surface area contributed by atoms with E-state index in [0.717, 1.165) is 0 Å². The first-order chi connectivity index (χ1) is 4.83. The first-order valence-electron chi connectivity index (χ1n) is 4.64. The van der Waals surface area contributed by atoms with Crippen molar-refractivity contribution in [2.45, 2.75) is 47.0 Å². The molecule has 0 bridgehead atoms. The smallest absolute Gasteiger partial charge is 0.0752 e. The second kappa shape index (κ2) is 16.0. The van der Waals surface area contributed by atoms with Crippen LogP contribution in [0.25, 0.3) is 0 Å². The van der Waals surface area contributed by atoms with Gasteiger partial charge in [-0.05, 0) is 12.8 Å². The largest absolute Gasteiger partial charge is 0.346 e. The molecular weight excluding hydrogens is 122 g/mol. The van der Waals surface area contributed by atoms with Crippen molar-refractivity contribution >= 4 is 0 Å². The predicted molar refractivity (Wildman–Crippen MR) is 48.2 cm³/mol. The highest BCUT2D eigenvalue weighted by molar-refractivity contribution is 4.17. The van der Waals surface area contributed by atoms with E-state index >= 15 is 0 Å². The number of hydrogen-bond donors (Lipinski definition) is 1. The SMILES string of the molecule is CCC.CCC[NH2+]CCC. The molecule has 0 radical (unpaired) electrons. The van der Waals surface area contributed by atoms with Crippen LogP contribution in [0.2, 0.25) is 0 Å². The maximum absolute atomic E-state index is 2.36. The lowest BCUT2D eigenvalue weighted by molar-refractivity contribution is -0.654. The van der Waals surface area contributed by atoms with Gasteiger partial charge in [-0.2, -0.15) is 0 Å². The van der Waals surface area contributed by atoms with Gasteiger partial charge >= 0.3 is 0 Å². The molecule has 0 aromatic rings. The Morgan fingerprint density at radius 1 is 0.800 bits per heavy atom. The van der Waals surface area contributed by atoms with Crippen molar-refractivity contribution in [2.75, 3.05) is 13.1 Å². The molecule has 64 valence electrons. The molecule has 0 unspecified atom stereocenters. The van der Waals surface area contributed by atoms with E-state index in [2.05, 4.69) is 33.0 Å². The fourth-order valence-electron chi connectivity index (χ4n) is 0.553. The first kappa shape index (κ1) is 12.6. The number of rotatable bonds is 4. The molecule has 0 aliphatic heterocycles. The summed E-state index contributed by atoms with van der Waals surface area (Å²) < 4.78 is 0. The summed E-state index contributed by atoms with van der Waals surface area (Å²) in [4.78, 5) is 0. The highest BCUT2D eigenvalue weighted by Crippen LogP contribution is 1.62. The molecule has 0 spiro atoms. The van der Waals surface area contributed by atoms with Crippen molar-refractivity contribution in [3.8, 4) is 0 Å². The normalized spacial score (nSPS) is 8.40. The van der Waals surface area contributed by atoms with Crippen LogP contribution in [0.15, 0.2) is 0 Å². The molecule has 0 atom stereocenters. The second-order valence-electron chi connectivity index (χ2n) is 2.57. The first-order valence-corrected chi connectivity index (χ1v) is 4.64. The van der Waals surface area contributed by atoms with Gasteiger partial charge in [0.1, 0.15) is 0 Å². The summed E-state index contributed by atoms with van der Waals surface area (Å²) in [7, 11) is 0. The van der Waals surface area contributed by atoms with Crippen LogP contribution < -0.4 is 5.32 Å². The van der Waals surface area contributed by atoms with Crippen LogP contribution >= 0.6 is 0 Å². The van der Waals surface area contributed by atoms with E-state index in [1.165, 1.54) is 32.4 Å². The van der Waals surface area contributed by atoms with E-state index in [-0.39, 0.29) is 0 Å². The van der Waals surface area contributed by atoms with Gasteiger partial charge in [-0.15, -0.1) is 0 Å². The lowest BCUT2D eigenvalue weighted by Crippen LogP contribution is -2.84. The minimum absolute atomic E-state index is 1.25. The Morgan fingerprint density at radius 2 is 1.10 bits per heavy atom. The summed E-state index contributed by atoms with van der Waals surface area (Å²) in [6.45, 7) is 11.3. The highest BCUT2D eigenvalue weighted by Gasteiger charge is 1.80. The van der Waals surface area contributed by atoms with Gasteiger partial charge in [-0.25, -0.2) is 0 Å². The van der Waals surface area contributed by atoms with Crippen molar-refractivity contribution in [2.24, 2.45) is 0 Å². The summed E-state index contributed by atoms with van der Waals surface area (Å²) in [6, 6.07) is 0. The second-order valence-corrected chi connectivity index (χ2v) is 2.57. The van der Waals surface area contributed by atoms with E-state index < -0.39 is 0 Å². The molecule has 1 nitrogen and oxygen atoms in total. The molecule has 2 N–H and O–H groups in total. The van der Waals surface area contributed by atoms with Crippen LogP contribution in [0.3, 0.4) is 0 Å². The summed E-state index contributed by atoms with van der Waals surface area (Å²) in [5, 5.41) is 2.36. The van der Waals surface area contributed by atoms with Gasteiger partial charge in [-0.1, -0.05) is 34.1 Å². The summed E-state index contributed by atoms with van der Waals surface area (Å²) in [6.07, 6.45) is 3.86. The molecule has 0 fully saturated rings. The summed E-state index contributed by atoms with van der Waals surface area (Å²) >= 11 is 0. The third-order valence-electron chi connectivity index (χ3n) is 0.986. The molecule has 0 aromatic carbocycles. The zero-order valence-electron chi connectivity index (χ0n) is 8.11. The van der Waals surface area contributed by atoms with E-state index in [1.807, 2.05) is 0 Å². The molecule has 0 aliphatic rings. The van der Waals surface area contributed by atoms with Gasteiger partial charge < -0.3 is 5.32 Å². The highest BCUT2D eigenvalue weighted by atomic mass is 14.8. The zero-order chi connectivity index (χ0) is 8.24. The van der Waals surface area contributed by atoms with Gasteiger partial charge in [0.25, 0.3) is 0 Å². The number of nitrogens with two attached hydrogens (primary N) is 1. The maximum Gasteiger partial charge on any atom is 0.0752 e. The predicted octanol–water partition coefficient (Wildman–Crippen LogP) is 1.79. The van der Waals surface area contributed by atoms with E-state index in [0.29, 0.717) is 0 Å². The van der Waals surface area contributed by atoms with Gasteiger partial charge in [0, 0.05) is 0 Å². The lowest BCUT2D eigenvalue weighted by atomic mass is 10.4. The summed E-state index contributed by atoms with van der Waals surface area (Å²) in [5.41, 5.74) is 0. The van der Waals surface area contributed by atoms with Gasteiger partial charge in [0.15, 0.2) is 0 Å². The van der Waals surface area contributed by atoms with Crippen LogP contribution in [0.1, 0.15) is 47.0 Å². The molecule has 0 saturated heterocycles. The van der Waals surface area contributed by atoms with Crippen LogP contribution in [-0.4, -0.2) is 13.1 Å². The van der Waals surface area contributed by atoms with Crippen LogP contribution in [0.5, 0.6) is 0 Å². The molecule has 0 rings (SSSR count). The molecule has 1 heteroatoms. The van der Waals surface area contributed by atoms with Crippen molar-refractivity contribution in [1.82, 2.24) is 0 Å². The minimum atomic E-state index is 1.25. The van der Waals surface area contributed by atoms with E-state index in [9.17, 15) is 0 Å². The van der Waals surface area contributed by atoms with Crippen molar-refractivity contribution in [1.29, 1.82) is 0 Å². The van der Waals surface area contributed by atoms with Crippen molar-refractivity contribution in [3.63, 3.8) is 0 Å². The Morgan fingerprint density at radius 3 is 1.30 bits per heavy atom. The molecule has 0 saturated carbocycles. The molecular formula is C9H24N+. The van der Waals surface area contributed by atoms with Gasteiger partial charge in [0.2, 0.25) is 0 Å². The fraction of sp³-hybridized carbons (Fsp3) is 1.00. The Hall–Kier alpha value is -0.0400. The van der Waals surface area contributed by atoms with Crippen molar-refractivity contribution in [3.05, 3.63) is 0 Å². The molecule has 0 heterocycles.